The molecule has 2 rings (SSSR count). The topological polar surface area (TPSA) is 84.9 Å². The van der Waals surface area contributed by atoms with Gasteiger partial charge in [-0.1, -0.05) is 6.58 Å². The largest absolute Gasteiger partial charge is 0.464 e. The number of ether oxygens (including phenoxy) is 2. The minimum Gasteiger partial charge on any atom is -0.464 e. The standard InChI is InChI=1S/C16H24N2O5/c1-9(14(20)22-5)17-13(19)12-10-6-7-11(8-10)18(12)15(21)23-16(2,3)4/h10-12H,1,6-8H2,2-5H3,(H,17,19)/t10-,11+,12-/m0/s1. The fourth-order valence-corrected chi connectivity index (χ4v) is 3.30. The van der Waals surface area contributed by atoms with Crippen molar-refractivity contribution in [2.45, 2.75) is 57.7 Å². The number of rotatable bonds is 3. The zero-order valence-electron chi connectivity index (χ0n) is 14.0. The number of carbonyl (C=O) groups is 3. The number of hydrogen-bond donors (Lipinski definition) is 1. The van der Waals surface area contributed by atoms with E-state index >= 15 is 0 Å². The van der Waals surface area contributed by atoms with Gasteiger partial charge in [-0.15, -0.1) is 0 Å². The van der Waals surface area contributed by atoms with Crippen molar-refractivity contribution in [1.29, 1.82) is 0 Å². The van der Waals surface area contributed by atoms with Gasteiger partial charge in [-0.3, -0.25) is 9.69 Å². The highest BCUT2D eigenvalue weighted by atomic mass is 16.6. The smallest absolute Gasteiger partial charge is 0.411 e. The van der Waals surface area contributed by atoms with Crippen LogP contribution < -0.4 is 5.32 Å². The Bertz CT molecular complexity index is 537. The lowest BCUT2D eigenvalue weighted by Crippen LogP contribution is -2.54. The van der Waals surface area contributed by atoms with Gasteiger partial charge in [0.05, 0.1) is 7.11 Å². The van der Waals surface area contributed by atoms with E-state index in [2.05, 4.69) is 16.6 Å². The molecule has 7 nitrogen and oxygen atoms in total. The second kappa shape index (κ2) is 6.22. The molecule has 0 aromatic carbocycles. The molecule has 0 unspecified atom stereocenters. The summed E-state index contributed by atoms with van der Waals surface area (Å²) >= 11 is 0. The summed E-state index contributed by atoms with van der Waals surface area (Å²) < 4.78 is 9.94. The van der Waals surface area contributed by atoms with Crippen LogP contribution in [0.2, 0.25) is 0 Å². The Morgan fingerprint density at radius 2 is 1.87 bits per heavy atom. The number of nitrogens with zero attached hydrogens (tertiary/aromatic N) is 1. The maximum absolute atomic E-state index is 12.5. The Hall–Kier alpha value is -2.05. The molecular weight excluding hydrogens is 300 g/mol. The van der Waals surface area contributed by atoms with Crippen molar-refractivity contribution in [3.63, 3.8) is 0 Å². The van der Waals surface area contributed by atoms with Gasteiger partial charge in [0.15, 0.2) is 0 Å². The van der Waals surface area contributed by atoms with E-state index in [0.29, 0.717) is 0 Å². The lowest BCUT2D eigenvalue weighted by atomic mass is 9.98. The van der Waals surface area contributed by atoms with E-state index in [1.807, 2.05) is 0 Å². The number of fused-ring (bicyclic) bond motifs is 2. The van der Waals surface area contributed by atoms with Crippen LogP contribution in [0.5, 0.6) is 0 Å². The van der Waals surface area contributed by atoms with E-state index in [1.165, 1.54) is 12.0 Å². The van der Waals surface area contributed by atoms with Gasteiger partial charge in [-0.05, 0) is 46.0 Å². The van der Waals surface area contributed by atoms with E-state index in [-0.39, 0.29) is 17.7 Å². The highest BCUT2D eigenvalue weighted by Crippen LogP contribution is 2.43. The molecule has 2 fully saturated rings. The molecule has 0 aromatic rings. The first-order valence-electron chi connectivity index (χ1n) is 7.73. The van der Waals surface area contributed by atoms with E-state index in [0.717, 1.165) is 19.3 Å². The van der Waals surface area contributed by atoms with Crippen molar-refractivity contribution in [2.24, 2.45) is 5.92 Å². The summed E-state index contributed by atoms with van der Waals surface area (Å²) in [6.07, 6.45) is 2.04. The molecule has 1 heterocycles. The normalized spacial score (nSPS) is 25.9. The Kier molecular flexibility index (Phi) is 4.68. The van der Waals surface area contributed by atoms with Gasteiger partial charge >= 0.3 is 12.1 Å². The van der Waals surface area contributed by atoms with Crippen molar-refractivity contribution in [3.8, 4) is 0 Å². The van der Waals surface area contributed by atoms with Gasteiger partial charge in [-0.25, -0.2) is 9.59 Å². The Morgan fingerprint density at radius 1 is 1.22 bits per heavy atom. The molecule has 1 aliphatic heterocycles. The molecule has 1 N–H and O–H groups in total. The molecule has 1 saturated heterocycles. The average Bonchev–Trinajstić information content (AvgIpc) is 3.04. The van der Waals surface area contributed by atoms with E-state index < -0.39 is 29.6 Å². The van der Waals surface area contributed by atoms with Crippen LogP contribution in [-0.2, 0) is 19.1 Å². The monoisotopic (exact) mass is 324 g/mol. The summed E-state index contributed by atoms with van der Waals surface area (Å²) in [4.78, 5) is 37.9. The van der Waals surface area contributed by atoms with Gasteiger partial charge in [-0.2, -0.15) is 0 Å². The van der Waals surface area contributed by atoms with Gasteiger partial charge in [0.1, 0.15) is 17.3 Å². The molecule has 2 bridgehead atoms. The highest BCUT2D eigenvalue weighted by molar-refractivity contribution is 5.96. The molecule has 0 aromatic heterocycles. The third kappa shape index (κ3) is 3.65. The van der Waals surface area contributed by atoms with Crippen LogP contribution in [0.1, 0.15) is 40.0 Å². The number of esters is 1. The quantitative estimate of drug-likeness (QED) is 0.629. The molecular formula is C16H24N2O5. The minimum atomic E-state index is -0.703. The number of likely N-dealkylation sites (tertiary alicyclic amines) is 1. The first-order chi connectivity index (χ1) is 10.6. The summed E-state index contributed by atoms with van der Waals surface area (Å²) in [5, 5.41) is 2.45. The Balaban J connectivity index is 2.12. The van der Waals surface area contributed by atoms with Crippen molar-refractivity contribution in [3.05, 3.63) is 12.3 Å². The second-order valence-corrected chi connectivity index (χ2v) is 7.02. The third-order valence-electron chi connectivity index (χ3n) is 4.16. The molecule has 2 aliphatic rings. The predicted octanol–water partition coefficient (Wildman–Crippen LogP) is 1.58. The Labute approximate surface area is 136 Å². The number of hydrogen-bond acceptors (Lipinski definition) is 5. The summed E-state index contributed by atoms with van der Waals surface area (Å²) in [6.45, 7) is 8.84. The summed E-state index contributed by atoms with van der Waals surface area (Å²) in [6, 6.07) is -0.623. The average molecular weight is 324 g/mol. The van der Waals surface area contributed by atoms with E-state index in [9.17, 15) is 14.4 Å². The molecule has 2 amide bonds. The molecule has 0 radical (unpaired) electrons. The van der Waals surface area contributed by atoms with Crippen LogP contribution >= 0.6 is 0 Å². The van der Waals surface area contributed by atoms with Crippen LogP contribution in [-0.4, -0.2) is 47.7 Å². The maximum Gasteiger partial charge on any atom is 0.411 e. The van der Waals surface area contributed by atoms with Crippen molar-refractivity contribution in [2.75, 3.05) is 7.11 Å². The molecule has 0 spiro atoms. The van der Waals surface area contributed by atoms with Gasteiger partial charge in [0, 0.05) is 6.04 Å². The molecule has 128 valence electrons. The van der Waals surface area contributed by atoms with E-state index in [1.54, 1.807) is 20.8 Å². The fourth-order valence-electron chi connectivity index (χ4n) is 3.30. The summed E-state index contributed by atoms with van der Waals surface area (Å²) in [5.74, 6) is -1.04. The fraction of sp³-hybridized carbons (Fsp3) is 0.688. The number of piperidine rings is 1. The minimum absolute atomic E-state index is 0.0111. The summed E-state index contributed by atoms with van der Waals surface area (Å²) in [7, 11) is 1.21. The lowest BCUT2D eigenvalue weighted by Gasteiger charge is -2.35. The molecule has 3 atom stereocenters. The SMILES string of the molecule is C=C(NC(=O)[C@@H]1[C@H]2CC[C@H](C2)N1C(=O)OC(C)(C)C)C(=O)OC. The highest BCUT2D eigenvalue weighted by Gasteiger charge is 2.52. The number of carbonyl (C=O) groups excluding carboxylic acids is 3. The van der Waals surface area contributed by atoms with Crippen molar-refractivity contribution in [1.82, 2.24) is 10.2 Å². The summed E-state index contributed by atoms with van der Waals surface area (Å²) in [5.41, 5.74) is -0.764. The van der Waals surface area contributed by atoms with Gasteiger partial charge < -0.3 is 14.8 Å². The van der Waals surface area contributed by atoms with Crippen LogP contribution in [0.15, 0.2) is 12.3 Å². The van der Waals surface area contributed by atoms with Crippen LogP contribution in [0, 0.1) is 5.92 Å². The zero-order valence-corrected chi connectivity index (χ0v) is 14.0. The van der Waals surface area contributed by atoms with Crippen LogP contribution in [0.25, 0.3) is 0 Å². The van der Waals surface area contributed by atoms with Crippen molar-refractivity contribution >= 4 is 18.0 Å². The van der Waals surface area contributed by atoms with Crippen molar-refractivity contribution < 1.29 is 23.9 Å². The lowest BCUT2D eigenvalue weighted by molar-refractivity contribution is -0.138. The third-order valence-corrected chi connectivity index (χ3v) is 4.16. The number of methoxy groups -OCH3 is 1. The number of amides is 2. The maximum atomic E-state index is 12.5. The predicted molar refractivity (Wildman–Crippen MR) is 82.3 cm³/mol. The molecule has 23 heavy (non-hydrogen) atoms. The van der Waals surface area contributed by atoms with Gasteiger partial charge in [0.25, 0.3) is 0 Å². The second-order valence-electron chi connectivity index (χ2n) is 7.02. The zero-order chi connectivity index (χ0) is 17.4. The van der Waals surface area contributed by atoms with Gasteiger partial charge in [0.2, 0.25) is 5.91 Å². The molecule has 1 aliphatic carbocycles. The first kappa shape index (κ1) is 17.3. The van der Waals surface area contributed by atoms with Crippen LogP contribution in [0.3, 0.4) is 0 Å². The Morgan fingerprint density at radius 3 is 2.43 bits per heavy atom. The first-order valence-corrected chi connectivity index (χ1v) is 7.73. The molecule has 1 saturated carbocycles. The van der Waals surface area contributed by atoms with Crippen LogP contribution in [0.4, 0.5) is 4.79 Å². The van der Waals surface area contributed by atoms with E-state index in [4.69, 9.17) is 4.74 Å². The number of nitrogens with one attached hydrogen (secondary N) is 1. The molecule has 7 heteroatoms.